The summed E-state index contributed by atoms with van der Waals surface area (Å²) in [6.07, 6.45) is 1.03. The van der Waals surface area contributed by atoms with Crippen molar-refractivity contribution in [2.75, 3.05) is 18.4 Å². The van der Waals surface area contributed by atoms with E-state index in [4.69, 9.17) is 0 Å². The van der Waals surface area contributed by atoms with E-state index in [0.717, 1.165) is 28.8 Å². The fraction of sp³-hybridized carbons (Fsp3) is 0.435. The van der Waals surface area contributed by atoms with Crippen LogP contribution in [-0.4, -0.2) is 31.7 Å². The van der Waals surface area contributed by atoms with E-state index < -0.39 is 10.0 Å². The van der Waals surface area contributed by atoms with Crippen molar-refractivity contribution in [2.24, 2.45) is 11.8 Å². The molecule has 2 aromatic rings. The van der Waals surface area contributed by atoms with Gasteiger partial charge >= 0.3 is 0 Å². The van der Waals surface area contributed by atoms with Gasteiger partial charge in [0.05, 0.1) is 4.90 Å². The lowest BCUT2D eigenvalue weighted by Crippen LogP contribution is -2.42. The predicted octanol–water partition coefficient (Wildman–Crippen LogP) is 4.53. The number of piperidine rings is 1. The highest BCUT2D eigenvalue weighted by atomic mass is 32.2. The molecule has 2 aromatic carbocycles. The molecule has 0 radical (unpaired) electrons. The average Bonchev–Trinajstić information content (AvgIpc) is 2.63. The summed E-state index contributed by atoms with van der Waals surface area (Å²) in [6, 6.07) is 10.4. The van der Waals surface area contributed by atoms with Crippen LogP contribution in [0, 0.1) is 32.6 Å². The lowest BCUT2D eigenvalue weighted by atomic mass is 9.94. The van der Waals surface area contributed by atoms with Gasteiger partial charge in [-0.25, -0.2) is 8.42 Å². The Labute approximate surface area is 174 Å². The molecule has 1 aliphatic rings. The zero-order valence-corrected chi connectivity index (χ0v) is 18.6. The molecule has 5 nitrogen and oxygen atoms in total. The molecule has 2 atom stereocenters. The summed E-state index contributed by atoms with van der Waals surface area (Å²) in [5, 5.41) is 2.95. The number of amides is 1. The Morgan fingerprint density at radius 2 is 1.59 bits per heavy atom. The van der Waals surface area contributed by atoms with Crippen molar-refractivity contribution in [3.8, 4) is 0 Å². The number of carbonyl (C=O) groups is 1. The van der Waals surface area contributed by atoms with Gasteiger partial charge in [-0.3, -0.25) is 4.79 Å². The first-order valence-corrected chi connectivity index (χ1v) is 11.5. The van der Waals surface area contributed by atoms with Crippen molar-refractivity contribution in [1.29, 1.82) is 0 Å². The predicted molar refractivity (Wildman–Crippen MR) is 117 cm³/mol. The molecule has 1 heterocycles. The van der Waals surface area contributed by atoms with E-state index in [0.29, 0.717) is 30.5 Å². The molecule has 1 amide bonds. The van der Waals surface area contributed by atoms with Gasteiger partial charge in [-0.1, -0.05) is 37.6 Å². The fourth-order valence-corrected chi connectivity index (χ4v) is 6.04. The first-order chi connectivity index (χ1) is 13.6. The highest BCUT2D eigenvalue weighted by Crippen LogP contribution is 2.27. The summed E-state index contributed by atoms with van der Waals surface area (Å²) in [6.45, 7) is 11.1. The minimum Gasteiger partial charge on any atom is -0.322 e. The number of nitrogens with zero attached hydrogens (tertiary/aromatic N) is 1. The standard InChI is InChI=1S/C23H30N2O3S/c1-15-10-18(4)22(19(5)11-15)24-23(26)20-7-6-8-21(12-20)29(27,28)25-13-16(2)9-17(3)14-25/h6-8,10-12,16-17H,9,13-14H2,1-5H3,(H,24,26). The first kappa shape index (κ1) is 21.5. The van der Waals surface area contributed by atoms with E-state index >= 15 is 0 Å². The van der Waals surface area contributed by atoms with Crippen LogP contribution in [0.15, 0.2) is 41.3 Å². The van der Waals surface area contributed by atoms with Crippen LogP contribution in [0.5, 0.6) is 0 Å². The molecule has 0 spiro atoms. The van der Waals surface area contributed by atoms with Gasteiger partial charge in [-0.2, -0.15) is 4.31 Å². The van der Waals surface area contributed by atoms with Crippen molar-refractivity contribution < 1.29 is 13.2 Å². The third-order valence-corrected chi connectivity index (χ3v) is 7.31. The second-order valence-corrected chi connectivity index (χ2v) is 10.5. The number of rotatable bonds is 4. The van der Waals surface area contributed by atoms with Gasteiger partial charge in [-0.15, -0.1) is 0 Å². The van der Waals surface area contributed by atoms with E-state index in [1.165, 1.54) is 6.07 Å². The molecule has 0 aromatic heterocycles. The molecule has 0 aliphatic carbocycles. The topological polar surface area (TPSA) is 66.5 Å². The number of sulfonamides is 1. The van der Waals surface area contributed by atoms with Crippen molar-refractivity contribution in [2.45, 2.75) is 45.9 Å². The van der Waals surface area contributed by atoms with E-state index in [1.807, 2.05) is 32.9 Å². The molecule has 1 N–H and O–H groups in total. The summed E-state index contributed by atoms with van der Waals surface area (Å²) >= 11 is 0. The third-order valence-electron chi connectivity index (χ3n) is 5.48. The Kier molecular flexibility index (Phi) is 6.15. The van der Waals surface area contributed by atoms with Gasteiger partial charge in [0.1, 0.15) is 0 Å². The van der Waals surface area contributed by atoms with Crippen molar-refractivity contribution in [1.82, 2.24) is 4.31 Å². The molecule has 2 unspecified atom stereocenters. The molecule has 1 fully saturated rings. The van der Waals surface area contributed by atoms with Crippen LogP contribution >= 0.6 is 0 Å². The fourth-order valence-electron chi connectivity index (χ4n) is 4.31. The minimum absolute atomic E-state index is 0.170. The van der Waals surface area contributed by atoms with Crippen LogP contribution in [-0.2, 0) is 10.0 Å². The summed E-state index contributed by atoms with van der Waals surface area (Å²) in [7, 11) is -3.63. The summed E-state index contributed by atoms with van der Waals surface area (Å²) < 4.78 is 27.9. The summed E-state index contributed by atoms with van der Waals surface area (Å²) in [5.74, 6) is 0.345. The van der Waals surface area contributed by atoms with E-state index in [2.05, 4.69) is 19.2 Å². The largest absolute Gasteiger partial charge is 0.322 e. The van der Waals surface area contributed by atoms with Crippen LogP contribution in [0.4, 0.5) is 5.69 Å². The number of nitrogens with one attached hydrogen (secondary N) is 1. The highest BCUT2D eigenvalue weighted by molar-refractivity contribution is 7.89. The zero-order valence-electron chi connectivity index (χ0n) is 17.8. The third kappa shape index (κ3) is 4.70. The van der Waals surface area contributed by atoms with Crippen molar-refractivity contribution >= 4 is 21.6 Å². The monoisotopic (exact) mass is 414 g/mol. The molecule has 1 aliphatic heterocycles. The first-order valence-electron chi connectivity index (χ1n) is 10.1. The van der Waals surface area contributed by atoms with Crippen LogP contribution in [0.25, 0.3) is 0 Å². The van der Waals surface area contributed by atoms with Gasteiger partial charge in [0.15, 0.2) is 0 Å². The highest BCUT2D eigenvalue weighted by Gasteiger charge is 2.32. The Morgan fingerprint density at radius 3 is 2.17 bits per heavy atom. The number of hydrogen-bond acceptors (Lipinski definition) is 3. The Balaban J connectivity index is 1.87. The number of carbonyl (C=O) groups excluding carboxylic acids is 1. The Hall–Kier alpha value is -2.18. The number of anilines is 1. The van der Waals surface area contributed by atoms with Crippen LogP contribution in [0.3, 0.4) is 0 Å². The smallest absolute Gasteiger partial charge is 0.255 e. The normalized spacial score (nSPS) is 20.4. The molecule has 1 saturated heterocycles. The van der Waals surface area contributed by atoms with Crippen LogP contribution < -0.4 is 5.32 Å². The van der Waals surface area contributed by atoms with Crippen molar-refractivity contribution in [3.05, 3.63) is 58.7 Å². The molecular weight excluding hydrogens is 384 g/mol. The lowest BCUT2D eigenvalue weighted by molar-refractivity contribution is 0.102. The van der Waals surface area contributed by atoms with Gasteiger partial charge in [0, 0.05) is 24.3 Å². The van der Waals surface area contributed by atoms with Crippen molar-refractivity contribution in [3.63, 3.8) is 0 Å². The second kappa shape index (κ2) is 8.28. The molecule has 3 rings (SSSR count). The lowest BCUT2D eigenvalue weighted by Gasteiger charge is -2.34. The second-order valence-electron chi connectivity index (χ2n) is 8.52. The van der Waals surface area contributed by atoms with Gasteiger partial charge in [-0.05, 0) is 68.4 Å². The molecule has 156 valence electrons. The Morgan fingerprint density at radius 1 is 1.00 bits per heavy atom. The SMILES string of the molecule is Cc1cc(C)c(NC(=O)c2cccc(S(=O)(=O)N3CC(C)CC(C)C3)c2)c(C)c1. The zero-order chi connectivity index (χ0) is 21.3. The number of aryl methyl sites for hydroxylation is 3. The molecule has 29 heavy (non-hydrogen) atoms. The van der Waals surface area contributed by atoms with E-state index in [-0.39, 0.29) is 10.8 Å². The summed E-state index contributed by atoms with van der Waals surface area (Å²) in [4.78, 5) is 13.0. The van der Waals surface area contributed by atoms with E-state index in [1.54, 1.807) is 22.5 Å². The molecule has 0 bridgehead atoms. The number of hydrogen-bond donors (Lipinski definition) is 1. The van der Waals surface area contributed by atoms with Gasteiger partial charge in [0.2, 0.25) is 10.0 Å². The maximum atomic E-state index is 13.2. The number of benzene rings is 2. The average molecular weight is 415 g/mol. The quantitative estimate of drug-likeness (QED) is 0.799. The Bertz CT molecular complexity index is 997. The molecule has 0 saturated carbocycles. The van der Waals surface area contributed by atoms with E-state index in [9.17, 15) is 13.2 Å². The maximum Gasteiger partial charge on any atom is 0.255 e. The van der Waals surface area contributed by atoms with Crippen LogP contribution in [0.2, 0.25) is 0 Å². The molecular formula is C23H30N2O3S. The summed E-state index contributed by atoms with van der Waals surface area (Å²) in [5.41, 5.74) is 4.21. The van der Waals surface area contributed by atoms with Gasteiger partial charge < -0.3 is 5.32 Å². The minimum atomic E-state index is -3.63. The molecule has 6 heteroatoms. The van der Waals surface area contributed by atoms with Gasteiger partial charge in [0.25, 0.3) is 5.91 Å². The maximum absolute atomic E-state index is 13.2. The van der Waals surface area contributed by atoms with Crippen LogP contribution in [0.1, 0.15) is 47.3 Å².